The fraction of sp³-hybridized carbons (Fsp3) is 0.417. The molecule has 0 spiro atoms. The molecule has 96 valence electrons. The highest BCUT2D eigenvalue weighted by molar-refractivity contribution is 6.29. The molecule has 1 fully saturated rings. The van der Waals surface area contributed by atoms with E-state index in [0.29, 0.717) is 30.1 Å². The number of hydrogen-bond donors (Lipinski definition) is 2. The third kappa shape index (κ3) is 2.98. The predicted molar refractivity (Wildman–Crippen MR) is 66.3 cm³/mol. The van der Waals surface area contributed by atoms with E-state index >= 15 is 0 Å². The zero-order chi connectivity index (χ0) is 13.1. The lowest BCUT2D eigenvalue weighted by Crippen LogP contribution is -2.21. The quantitative estimate of drug-likeness (QED) is 0.824. The summed E-state index contributed by atoms with van der Waals surface area (Å²) in [6.45, 7) is 0. The molecule has 6 heteroatoms. The van der Waals surface area contributed by atoms with Gasteiger partial charge in [-0.05, 0) is 31.4 Å². The molecule has 1 saturated carbocycles. The number of rotatable bonds is 3. The van der Waals surface area contributed by atoms with Gasteiger partial charge in [0.05, 0.1) is 17.8 Å². The minimum Gasteiger partial charge on any atom is -0.481 e. The van der Waals surface area contributed by atoms with Crippen molar-refractivity contribution < 1.29 is 14.7 Å². The zero-order valence-corrected chi connectivity index (χ0v) is 10.4. The molecule has 2 atom stereocenters. The number of aliphatic carboxylic acids is 1. The molecule has 1 aliphatic carbocycles. The summed E-state index contributed by atoms with van der Waals surface area (Å²) in [5, 5.41) is 12.0. The normalized spacial score (nSPS) is 22.7. The molecule has 2 N–H and O–H groups in total. The number of carbonyl (C=O) groups is 2. The third-order valence-corrected chi connectivity index (χ3v) is 3.37. The molecule has 1 amide bonds. The highest BCUT2D eigenvalue weighted by Gasteiger charge is 2.33. The SMILES string of the molecule is O=C(O)[C@H]1CC[C@@H](C(=O)Nc2ccc(Cl)nc2)C1. The lowest BCUT2D eigenvalue weighted by Gasteiger charge is -2.10. The van der Waals surface area contributed by atoms with Gasteiger partial charge in [0, 0.05) is 5.92 Å². The van der Waals surface area contributed by atoms with Crippen LogP contribution in [0.5, 0.6) is 0 Å². The Balaban J connectivity index is 1.93. The van der Waals surface area contributed by atoms with Crippen LogP contribution in [0.1, 0.15) is 19.3 Å². The maximum absolute atomic E-state index is 11.9. The number of carboxylic acid groups (broad SMARTS) is 1. The second-order valence-electron chi connectivity index (χ2n) is 4.40. The van der Waals surface area contributed by atoms with Crippen molar-refractivity contribution in [2.24, 2.45) is 11.8 Å². The van der Waals surface area contributed by atoms with Gasteiger partial charge in [-0.2, -0.15) is 0 Å². The van der Waals surface area contributed by atoms with Crippen molar-refractivity contribution in [3.8, 4) is 0 Å². The summed E-state index contributed by atoms with van der Waals surface area (Å²) in [7, 11) is 0. The van der Waals surface area contributed by atoms with Crippen LogP contribution in [0, 0.1) is 11.8 Å². The monoisotopic (exact) mass is 268 g/mol. The van der Waals surface area contributed by atoms with Gasteiger partial charge in [-0.3, -0.25) is 9.59 Å². The van der Waals surface area contributed by atoms with Crippen LogP contribution in [0.4, 0.5) is 5.69 Å². The first-order valence-electron chi connectivity index (χ1n) is 5.71. The van der Waals surface area contributed by atoms with Gasteiger partial charge >= 0.3 is 5.97 Å². The molecular weight excluding hydrogens is 256 g/mol. The van der Waals surface area contributed by atoms with Crippen LogP contribution in [-0.4, -0.2) is 22.0 Å². The molecule has 0 saturated heterocycles. The molecule has 0 unspecified atom stereocenters. The minimum absolute atomic E-state index is 0.150. The van der Waals surface area contributed by atoms with Crippen LogP contribution >= 0.6 is 11.6 Å². The van der Waals surface area contributed by atoms with Crippen LogP contribution in [0.2, 0.25) is 5.15 Å². The fourth-order valence-corrected chi connectivity index (χ4v) is 2.25. The molecule has 0 aliphatic heterocycles. The summed E-state index contributed by atoms with van der Waals surface area (Å²) in [5.41, 5.74) is 0.572. The number of hydrogen-bond acceptors (Lipinski definition) is 3. The van der Waals surface area contributed by atoms with Crippen LogP contribution in [0.25, 0.3) is 0 Å². The summed E-state index contributed by atoms with van der Waals surface area (Å²) in [5.74, 6) is -1.60. The van der Waals surface area contributed by atoms with Gasteiger partial charge in [0.1, 0.15) is 5.15 Å². The van der Waals surface area contributed by atoms with Crippen molar-refractivity contribution in [3.63, 3.8) is 0 Å². The van der Waals surface area contributed by atoms with Gasteiger partial charge in [0.2, 0.25) is 5.91 Å². The van der Waals surface area contributed by atoms with E-state index in [4.69, 9.17) is 16.7 Å². The van der Waals surface area contributed by atoms with Crippen molar-refractivity contribution in [2.75, 3.05) is 5.32 Å². The Morgan fingerprint density at radius 2 is 2.06 bits per heavy atom. The first kappa shape index (κ1) is 12.8. The molecule has 18 heavy (non-hydrogen) atoms. The molecule has 1 aromatic rings. The lowest BCUT2D eigenvalue weighted by atomic mass is 10.0. The lowest BCUT2D eigenvalue weighted by molar-refractivity contribution is -0.141. The maximum atomic E-state index is 11.9. The average molecular weight is 269 g/mol. The summed E-state index contributed by atoms with van der Waals surface area (Å²) in [4.78, 5) is 26.6. The summed E-state index contributed by atoms with van der Waals surface area (Å²) in [6.07, 6.45) is 3.06. The third-order valence-electron chi connectivity index (χ3n) is 3.15. The average Bonchev–Trinajstić information content (AvgIpc) is 2.81. The number of anilines is 1. The van der Waals surface area contributed by atoms with Crippen LogP contribution in [0.3, 0.4) is 0 Å². The Hall–Kier alpha value is -1.62. The molecule has 1 aliphatic rings. The highest BCUT2D eigenvalue weighted by Crippen LogP contribution is 2.31. The maximum Gasteiger partial charge on any atom is 0.306 e. The van der Waals surface area contributed by atoms with Gasteiger partial charge in [-0.15, -0.1) is 0 Å². The van der Waals surface area contributed by atoms with E-state index in [1.54, 1.807) is 12.1 Å². The second-order valence-corrected chi connectivity index (χ2v) is 4.79. The number of amides is 1. The van der Waals surface area contributed by atoms with E-state index in [1.807, 2.05) is 0 Å². The van der Waals surface area contributed by atoms with Crippen molar-refractivity contribution in [3.05, 3.63) is 23.5 Å². The van der Waals surface area contributed by atoms with Gasteiger partial charge in [-0.25, -0.2) is 4.98 Å². The van der Waals surface area contributed by atoms with Crippen molar-refractivity contribution in [2.45, 2.75) is 19.3 Å². The number of carboxylic acids is 1. The fourth-order valence-electron chi connectivity index (χ4n) is 2.14. The van der Waals surface area contributed by atoms with Crippen LogP contribution in [-0.2, 0) is 9.59 Å². The Labute approximate surface area is 109 Å². The number of aromatic nitrogens is 1. The van der Waals surface area contributed by atoms with Gasteiger partial charge in [0.15, 0.2) is 0 Å². The van der Waals surface area contributed by atoms with Gasteiger partial charge in [-0.1, -0.05) is 11.6 Å². The van der Waals surface area contributed by atoms with Crippen molar-refractivity contribution in [1.29, 1.82) is 0 Å². The van der Waals surface area contributed by atoms with Crippen LogP contribution < -0.4 is 5.32 Å². The first-order chi connectivity index (χ1) is 8.56. The smallest absolute Gasteiger partial charge is 0.306 e. The van der Waals surface area contributed by atoms with Gasteiger partial charge < -0.3 is 10.4 Å². The number of halogens is 1. The Kier molecular flexibility index (Phi) is 3.81. The van der Waals surface area contributed by atoms with Crippen molar-refractivity contribution in [1.82, 2.24) is 4.98 Å². The molecule has 5 nitrogen and oxygen atoms in total. The number of pyridine rings is 1. The molecule has 0 aromatic carbocycles. The predicted octanol–water partition coefficient (Wildman–Crippen LogP) is 2.17. The number of carbonyl (C=O) groups excluding carboxylic acids is 1. The zero-order valence-electron chi connectivity index (χ0n) is 9.60. The Morgan fingerprint density at radius 1 is 1.33 bits per heavy atom. The van der Waals surface area contributed by atoms with Gasteiger partial charge in [0.25, 0.3) is 0 Å². The highest BCUT2D eigenvalue weighted by atomic mass is 35.5. The van der Waals surface area contributed by atoms with E-state index in [0.717, 1.165) is 0 Å². The summed E-state index contributed by atoms with van der Waals surface area (Å²) < 4.78 is 0. The molecule has 0 radical (unpaired) electrons. The largest absolute Gasteiger partial charge is 0.481 e. The summed E-state index contributed by atoms with van der Waals surface area (Å²) >= 11 is 5.64. The van der Waals surface area contributed by atoms with E-state index < -0.39 is 11.9 Å². The van der Waals surface area contributed by atoms with E-state index in [2.05, 4.69) is 10.3 Å². The first-order valence-corrected chi connectivity index (χ1v) is 6.09. The Morgan fingerprint density at radius 3 is 2.61 bits per heavy atom. The van der Waals surface area contributed by atoms with E-state index in [1.165, 1.54) is 6.20 Å². The van der Waals surface area contributed by atoms with E-state index in [9.17, 15) is 9.59 Å². The van der Waals surface area contributed by atoms with E-state index in [-0.39, 0.29) is 11.8 Å². The summed E-state index contributed by atoms with van der Waals surface area (Å²) in [6, 6.07) is 3.25. The number of nitrogens with zero attached hydrogens (tertiary/aromatic N) is 1. The Bertz CT molecular complexity index is 461. The molecule has 2 rings (SSSR count). The minimum atomic E-state index is -0.821. The molecule has 1 heterocycles. The molecule has 0 bridgehead atoms. The second kappa shape index (κ2) is 5.35. The van der Waals surface area contributed by atoms with Crippen LogP contribution in [0.15, 0.2) is 18.3 Å². The molecule has 1 aromatic heterocycles. The van der Waals surface area contributed by atoms with Crippen molar-refractivity contribution >= 4 is 29.2 Å². The topological polar surface area (TPSA) is 79.3 Å². The molecular formula is C12H13ClN2O3. The number of nitrogens with one attached hydrogen (secondary N) is 1. The standard InChI is InChI=1S/C12H13ClN2O3/c13-10-4-3-9(6-14-10)15-11(16)7-1-2-8(5-7)12(17)18/h3-4,6-8H,1-2,5H2,(H,15,16)(H,17,18)/t7-,8+/m1/s1.